The molecule has 0 amide bonds. The minimum atomic E-state index is 0.0255. The van der Waals surface area contributed by atoms with Gasteiger partial charge in [-0.15, -0.1) is 0 Å². The summed E-state index contributed by atoms with van der Waals surface area (Å²) in [4.78, 5) is 8.44. The first-order valence-corrected chi connectivity index (χ1v) is 5.30. The van der Waals surface area contributed by atoms with Gasteiger partial charge in [-0.2, -0.15) is 4.98 Å². The molecule has 1 aromatic heterocycles. The molecule has 0 unspecified atom stereocenters. The molecule has 0 aliphatic carbocycles. The molecule has 0 bridgehead atoms. The minimum Gasteiger partial charge on any atom is -0.493 e. The van der Waals surface area contributed by atoms with E-state index in [1.807, 2.05) is 44.2 Å². The summed E-state index contributed by atoms with van der Waals surface area (Å²) in [5.74, 6) is 0.894. The SMILES string of the molecule is CC(C)c1nc(O)cc(-c2ccccc2)n1. The first-order chi connectivity index (χ1) is 7.66. The van der Waals surface area contributed by atoms with Crippen LogP contribution >= 0.6 is 0 Å². The number of aromatic nitrogens is 2. The Bertz CT molecular complexity index is 481. The van der Waals surface area contributed by atoms with Gasteiger partial charge in [0.15, 0.2) is 0 Å². The lowest BCUT2D eigenvalue weighted by molar-refractivity contribution is 0.447. The van der Waals surface area contributed by atoms with Crippen LogP contribution in [0.4, 0.5) is 0 Å². The highest BCUT2D eigenvalue weighted by Gasteiger charge is 2.08. The summed E-state index contributed by atoms with van der Waals surface area (Å²) < 4.78 is 0. The van der Waals surface area contributed by atoms with Gasteiger partial charge in [-0.05, 0) is 0 Å². The van der Waals surface area contributed by atoms with E-state index in [1.165, 1.54) is 0 Å². The Balaban J connectivity index is 2.50. The predicted molar refractivity (Wildman–Crippen MR) is 63.2 cm³/mol. The van der Waals surface area contributed by atoms with E-state index in [-0.39, 0.29) is 11.8 Å². The van der Waals surface area contributed by atoms with E-state index in [1.54, 1.807) is 6.07 Å². The maximum Gasteiger partial charge on any atom is 0.214 e. The molecule has 0 saturated heterocycles. The van der Waals surface area contributed by atoms with Crippen molar-refractivity contribution >= 4 is 0 Å². The van der Waals surface area contributed by atoms with E-state index in [0.717, 1.165) is 11.3 Å². The Morgan fingerprint density at radius 2 is 1.75 bits per heavy atom. The monoisotopic (exact) mass is 214 g/mol. The van der Waals surface area contributed by atoms with Crippen molar-refractivity contribution in [1.82, 2.24) is 9.97 Å². The zero-order valence-corrected chi connectivity index (χ0v) is 9.38. The molecule has 2 rings (SSSR count). The average molecular weight is 214 g/mol. The Morgan fingerprint density at radius 1 is 1.06 bits per heavy atom. The number of nitrogens with zero attached hydrogens (tertiary/aromatic N) is 2. The van der Waals surface area contributed by atoms with E-state index >= 15 is 0 Å². The Kier molecular flexibility index (Phi) is 2.86. The zero-order chi connectivity index (χ0) is 11.5. The predicted octanol–water partition coefficient (Wildman–Crippen LogP) is 2.97. The van der Waals surface area contributed by atoms with Gasteiger partial charge in [0.25, 0.3) is 0 Å². The van der Waals surface area contributed by atoms with Crippen molar-refractivity contribution in [3.8, 4) is 17.1 Å². The van der Waals surface area contributed by atoms with Crippen LogP contribution in [0.5, 0.6) is 5.88 Å². The third-order valence-corrected chi connectivity index (χ3v) is 2.32. The summed E-state index contributed by atoms with van der Waals surface area (Å²) in [7, 11) is 0. The molecule has 0 fully saturated rings. The van der Waals surface area contributed by atoms with E-state index in [0.29, 0.717) is 5.82 Å². The summed E-state index contributed by atoms with van der Waals surface area (Å²) in [6.45, 7) is 4.01. The van der Waals surface area contributed by atoms with Gasteiger partial charge in [0.1, 0.15) is 5.82 Å². The number of rotatable bonds is 2. The summed E-state index contributed by atoms with van der Waals surface area (Å²) in [6.07, 6.45) is 0. The van der Waals surface area contributed by atoms with E-state index in [2.05, 4.69) is 9.97 Å². The molecular formula is C13H14N2O. The summed E-state index contributed by atoms with van der Waals surface area (Å²) in [5.41, 5.74) is 1.75. The zero-order valence-electron chi connectivity index (χ0n) is 9.38. The number of benzene rings is 1. The summed E-state index contributed by atoms with van der Waals surface area (Å²) in [5, 5.41) is 9.55. The topological polar surface area (TPSA) is 46.0 Å². The molecular weight excluding hydrogens is 200 g/mol. The van der Waals surface area contributed by atoms with Crippen molar-refractivity contribution in [2.24, 2.45) is 0 Å². The second-order valence-electron chi connectivity index (χ2n) is 3.99. The lowest BCUT2D eigenvalue weighted by atomic mass is 10.1. The van der Waals surface area contributed by atoms with Crippen molar-refractivity contribution in [2.45, 2.75) is 19.8 Å². The quantitative estimate of drug-likeness (QED) is 0.835. The van der Waals surface area contributed by atoms with Gasteiger partial charge in [0, 0.05) is 17.5 Å². The molecule has 82 valence electrons. The third kappa shape index (κ3) is 2.19. The molecule has 0 saturated carbocycles. The largest absolute Gasteiger partial charge is 0.493 e. The van der Waals surface area contributed by atoms with Crippen LogP contribution in [0.3, 0.4) is 0 Å². The van der Waals surface area contributed by atoms with E-state index in [4.69, 9.17) is 0 Å². The molecule has 0 aliphatic rings. The fourth-order valence-electron chi connectivity index (χ4n) is 1.47. The van der Waals surface area contributed by atoms with Crippen molar-refractivity contribution < 1.29 is 5.11 Å². The second-order valence-corrected chi connectivity index (χ2v) is 3.99. The highest BCUT2D eigenvalue weighted by atomic mass is 16.3. The third-order valence-electron chi connectivity index (χ3n) is 2.32. The molecule has 0 spiro atoms. The van der Waals surface area contributed by atoms with Crippen LogP contribution < -0.4 is 0 Å². The van der Waals surface area contributed by atoms with Crippen LogP contribution in [0, 0.1) is 0 Å². The Hall–Kier alpha value is -1.90. The fourth-order valence-corrected chi connectivity index (χ4v) is 1.47. The van der Waals surface area contributed by atoms with E-state index in [9.17, 15) is 5.11 Å². The smallest absolute Gasteiger partial charge is 0.214 e. The normalized spacial score (nSPS) is 10.7. The molecule has 3 heteroatoms. The van der Waals surface area contributed by atoms with Gasteiger partial charge in [-0.3, -0.25) is 0 Å². The van der Waals surface area contributed by atoms with Gasteiger partial charge in [-0.25, -0.2) is 4.98 Å². The van der Waals surface area contributed by atoms with Crippen LogP contribution in [0.25, 0.3) is 11.3 Å². The molecule has 2 aromatic rings. The van der Waals surface area contributed by atoms with Crippen LogP contribution in [-0.4, -0.2) is 15.1 Å². The number of aromatic hydroxyl groups is 1. The van der Waals surface area contributed by atoms with Gasteiger partial charge in [0.2, 0.25) is 5.88 Å². The number of hydrogen-bond donors (Lipinski definition) is 1. The summed E-state index contributed by atoms with van der Waals surface area (Å²) in [6, 6.07) is 11.4. The molecule has 0 aliphatic heterocycles. The Labute approximate surface area is 94.8 Å². The van der Waals surface area contributed by atoms with Crippen molar-refractivity contribution in [1.29, 1.82) is 0 Å². The van der Waals surface area contributed by atoms with E-state index < -0.39 is 0 Å². The average Bonchev–Trinajstić information content (AvgIpc) is 2.29. The molecule has 3 nitrogen and oxygen atoms in total. The van der Waals surface area contributed by atoms with Gasteiger partial charge in [0.05, 0.1) is 5.69 Å². The molecule has 0 atom stereocenters. The molecule has 0 radical (unpaired) electrons. The van der Waals surface area contributed by atoms with Gasteiger partial charge >= 0.3 is 0 Å². The number of hydrogen-bond acceptors (Lipinski definition) is 3. The highest BCUT2D eigenvalue weighted by molar-refractivity contribution is 5.59. The van der Waals surface area contributed by atoms with Crippen molar-refractivity contribution in [3.63, 3.8) is 0 Å². The minimum absolute atomic E-state index is 0.0255. The van der Waals surface area contributed by atoms with Crippen molar-refractivity contribution in [3.05, 3.63) is 42.2 Å². The highest BCUT2D eigenvalue weighted by Crippen LogP contribution is 2.22. The lowest BCUT2D eigenvalue weighted by Crippen LogP contribution is -1.98. The van der Waals surface area contributed by atoms with Crippen LogP contribution in [0.2, 0.25) is 0 Å². The second kappa shape index (κ2) is 4.31. The molecule has 1 N–H and O–H groups in total. The van der Waals surface area contributed by atoms with Gasteiger partial charge < -0.3 is 5.11 Å². The van der Waals surface area contributed by atoms with Crippen LogP contribution in [-0.2, 0) is 0 Å². The van der Waals surface area contributed by atoms with Crippen molar-refractivity contribution in [2.75, 3.05) is 0 Å². The standard InChI is InChI=1S/C13H14N2O/c1-9(2)13-14-11(8-12(16)15-13)10-6-4-3-5-7-10/h3-9H,1-2H3,(H,14,15,16). The van der Waals surface area contributed by atoms with Gasteiger partial charge in [-0.1, -0.05) is 44.2 Å². The fraction of sp³-hybridized carbons (Fsp3) is 0.231. The molecule has 1 heterocycles. The maximum atomic E-state index is 9.55. The first-order valence-electron chi connectivity index (χ1n) is 5.30. The molecule has 1 aromatic carbocycles. The van der Waals surface area contributed by atoms with Crippen LogP contribution in [0.15, 0.2) is 36.4 Å². The summed E-state index contributed by atoms with van der Waals surface area (Å²) >= 11 is 0. The Morgan fingerprint density at radius 3 is 2.38 bits per heavy atom. The first kappa shape index (κ1) is 10.6. The molecule has 16 heavy (non-hydrogen) atoms. The van der Waals surface area contributed by atoms with Crippen LogP contribution in [0.1, 0.15) is 25.6 Å². The lowest BCUT2D eigenvalue weighted by Gasteiger charge is -2.07. The maximum absolute atomic E-state index is 9.55.